The van der Waals surface area contributed by atoms with Crippen LogP contribution in [0.15, 0.2) is 22.7 Å². The Balaban J connectivity index is 3.00. The Morgan fingerprint density at radius 3 is 2.40 bits per heavy atom. The van der Waals surface area contributed by atoms with E-state index in [9.17, 15) is 4.79 Å². The van der Waals surface area contributed by atoms with Gasteiger partial charge >= 0.3 is 0 Å². The third-order valence-corrected chi connectivity index (χ3v) is 3.40. The highest BCUT2D eigenvalue weighted by atomic mass is 79.9. The predicted molar refractivity (Wildman–Crippen MR) is 67.3 cm³/mol. The van der Waals surface area contributed by atoms with E-state index in [0.717, 1.165) is 22.9 Å². The van der Waals surface area contributed by atoms with Crippen LogP contribution in [0.3, 0.4) is 0 Å². The van der Waals surface area contributed by atoms with Crippen molar-refractivity contribution in [1.29, 1.82) is 0 Å². The molecule has 0 saturated carbocycles. The summed E-state index contributed by atoms with van der Waals surface area (Å²) in [5.74, 6) is 0.413. The molecule has 0 atom stereocenters. The summed E-state index contributed by atoms with van der Waals surface area (Å²) in [5.41, 5.74) is 1.98. The third kappa shape index (κ3) is 2.91. The van der Waals surface area contributed by atoms with Gasteiger partial charge in [-0.05, 0) is 37.5 Å². The fourth-order valence-electron chi connectivity index (χ4n) is 1.70. The largest absolute Gasteiger partial charge is 0.294 e. The molecule has 0 amide bonds. The number of rotatable bonds is 4. The average Bonchev–Trinajstić information content (AvgIpc) is 2.19. The Morgan fingerprint density at radius 1 is 1.33 bits per heavy atom. The number of hydrogen-bond donors (Lipinski definition) is 0. The summed E-state index contributed by atoms with van der Waals surface area (Å²) >= 11 is 3.45. The van der Waals surface area contributed by atoms with E-state index in [1.54, 1.807) is 0 Å². The Hall–Kier alpha value is -0.630. The zero-order valence-corrected chi connectivity index (χ0v) is 11.1. The van der Waals surface area contributed by atoms with Gasteiger partial charge in [-0.2, -0.15) is 0 Å². The first-order valence-corrected chi connectivity index (χ1v) is 6.19. The zero-order chi connectivity index (χ0) is 11.4. The van der Waals surface area contributed by atoms with Crippen LogP contribution in [0.2, 0.25) is 0 Å². The van der Waals surface area contributed by atoms with Gasteiger partial charge in [-0.25, -0.2) is 0 Å². The van der Waals surface area contributed by atoms with Crippen LogP contribution < -0.4 is 0 Å². The molecule has 1 aromatic carbocycles. The molecule has 0 fully saturated rings. The van der Waals surface area contributed by atoms with Crippen LogP contribution in [0, 0.1) is 12.8 Å². The van der Waals surface area contributed by atoms with Crippen molar-refractivity contribution in [2.24, 2.45) is 5.92 Å². The molecule has 0 N–H and O–H groups in total. The van der Waals surface area contributed by atoms with Crippen molar-refractivity contribution < 1.29 is 4.79 Å². The van der Waals surface area contributed by atoms with E-state index >= 15 is 0 Å². The molecule has 0 radical (unpaired) electrons. The second-order valence-corrected chi connectivity index (χ2v) is 4.72. The van der Waals surface area contributed by atoms with Crippen molar-refractivity contribution in [3.63, 3.8) is 0 Å². The van der Waals surface area contributed by atoms with Crippen LogP contribution in [-0.2, 0) is 0 Å². The lowest BCUT2D eigenvalue weighted by Crippen LogP contribution is -2.13. The van der Waals surface area contributed by atoms with Crippen LogP contribution in [0.25, 0.3) is 0 Å². The van der Waals surface area contributed by atoms with Gasteiger partial charge in [0.25, 0.3) is 0 Å². The van der Waals surface area contributed by atoms with E-state index in [1.807, 2.05) is 25.1 Å². The summed E-state index contributed by atoms with van der Waals surface area (Å²) in [7, 11) is 0. The highest BCUT2D eigenvalue weighted by Gasteiger charge is 2.18. The maximum absolute atomic E-state index is 12.1. The van der Waals surface area contributed by atoms with E-state index in [1.165, 1.54) is 5.56 Å². The van der Waals surface area contributed by atoms with Crippen LogP contribution in [-0.4, -0.2) is 5.78 Å². The Morgan fingerprint density at radius 2 is 1.93 bits per heavy atom. The lowest BCUT2D eigenvalue weighted by molar-refractivity contribution is 0.0912. The van der Waals surface area contributed by atoms with Crippen molar-refractivity contribution in [2.75, 3.05) is 0 Å². The molecule has 0 heterocycles. The minimum Gasteiger partial charge on any atom is -0.294 e. The molecule has 1 nitrogen and oxygen atoms in total. The first-order valence-electron chi connectivity index (χ1n) is 5.40. The smallest absolute Gasteiger partial charge is 0.167 e. The van der Waals surface area contributed by atoms with Crippen molar-refractivity contribution >= 4 is 21.7 Å². The molecule has 2 heteroatoms. The molecular weight excluding hydrogens is 252 g/mol. The molecule has 0 bridgehead atoms. The summed E-state index contributed by atoms with van der Waals surface area (Å²) in [4.78, 5) is 12.1. The quantitative estimate of drug-likeness (QED) is 0.741. The van der Waals surface area contributed by atoms with E-state index in [4.69, 9.17) is 0 Å². The average molecular weight is 269 g/mol. The van der Waals surface area contributed by atoms with Crippen molar-refractivity contribution in [1.82, 2.24) is 0 Å². The Labute approximate surface area is 100 Å². The van der Waals surface area contributed by atoms with E-state index in [2.05, 4.69) is 29.8 Å². The van der Waals surface area contributed by atoms with Gasteiger partial charge in [0.05, 0.1) is 0 Å². The van der Waals surface area contributed by atoms with Gasteiger partial charge in [-0.1, -0.05) is 35.8 Å². The lowest BCUT2D eigenvalue weighted by atomic mass is 9.93. The van der Waals surface area contributed by atoms with Gasteiger partial charge < -0.3 is 0 Å². The molecule has 0 aliphatic rings. The molecule has 0 aromatic heterocycles. The highest BCUT2D eigenvalue weighted by Crippen LogP contribution is 2.23. The number of carbonyl (C=O) groups excluding carboxylic acids is 1. The number of hydrogen-bond acceptors (Lipinski definition) is 1. The number of Topliss-reactive ketones (excluding diaryl/α,β-unsaturated/α-hetero) is 1. The molecule has 1 rings (SSSR count). The van der Waals surface area contributed by atoms with Gasteiger partial charge in [-0.15, -0.1) is 0 Å². The van der Waals surface area contributed by atoms with Crippen molar-refractivity contribution in [2.45, 2.75) is 33.6 Å². The van der Waals surface area contributed by atoms with Crippen LogP contribution in [0.1, 0.15) is 42.6 Å². The maximum Gasteiger partial charge on any atom is 0.167 e. The molecule has 0 unspecified atom stereocenters. The zero-order valence-electron chi connectivity index (χ0n) is 9.51. The Bertz CT molecular complexity index is 354. The molecule has 0 saturated heterocycles. The molecule has 82 valence electrons. The van der Waals surface area contributed by atoms with Crippen LogP contribution in [0.4, 0.5) is 0 Å². The molecule has 0 aliphatic carbocycles. The van der Waals surface area contributed by atoms with Gasteiger partial charge in [0, 0.05) is 16.0 Å². The molecule has 15 heavy (non-hydrogen) atoms. The van der Waals surface area contributed by atoms with E-state index in [0.29, 0.717) is 0 Å². The summed E-state index contributed by atoms with van der Waals surface area (Å²) in [6, 6.07) is 5.90. The normalized spacial score (nSPS) is 10.7. The summed E-state index contributed by atoms with van der Waals surface area (Å²) in [6.07, 6.45) is 1.82. The molecule has 0 spiro atoms. The fourth-order valence-corrected chi connectivity index (χ4v) is 2.39. The van der Waals surface area contributed by atoms with Crippen molar-refractivity contribution in [3.8, 4) is 0 Å². The second-order valence-electron chi connectivity index (χ2n) is 3.86. The molecule has 1 aromatic rings. The van der Waals surface area contributed by atoms with Gasteiger partial charge in [0.15, 0.2) is 5.78 Å². The predicted octanol–water partition coefficient (Wildman–Crippen LogP) is 4.38. The molecule has 0 aliphatic heterocycles. The first kappa shape index (κ1) is 12.4. The highest BCUT2D eigenvalue weighted by molar-refractivity contribution is 9.10. The minimum atomic E-state index is 0.156. The number of aryl methyl sites for hydroxylation is 1. The second kappa shape index (κ2) is 5.45. The van der Waals surface area contributed by atoms with E-state index < -0.39 is 0 Å². The SMILES string of the molecule is CCC(CC)C(=O)c1ccc(C)cc1Br. The van der Waals surface area contributed by atoms with E-state index in [-0.39, 0.29) is 11.7 Å². The summed E-state index contributed by atoms with van der Waals surface area (Å²) in [6.45, 7) is 6.15. The van der Waals surface area contributed by atoms with Gasteiger partial charge in [0.2, 0.25) is 0 Å². The van der Waals surface area contributed by atoms with Gasteiger partial charge in [-0.3, -0.25) is 4.79 Å². The topological polar surface area (TPSA) is 17.1 Å². The Kier molecular flexibility index (Phi) is 4.52. The number of carbonyl (C=O) groups is 1. The third-order valence-electron chi connectivity index (χ3n) is 2.75. The van der Waals surface area contributed by atoms with Crippen LogP contribution in [0.5, 0.6) is 0 Å². The number of halogens is 1. The summed E-state index contributed by atoms with van der Waals surface area (Å²) in [5, 5.41) is 0. The van der Waals surface area contributed by atoms with Crippen molar-refractivity contribution in [3.05, 3.63) is 33.8 Å². The number of ketones is 1. The monoisotopic (exact) mass is 268 g/mol. The fraction of sp³-hybridized carbons (Fsp3) is 0.462. The standard InChI is InChI=1S/C13H17BrO/c1-4-10(5-2)13(15)11-7-6-9(3)8-12(11)14/h6-8,10H,4-5H2,1-3H3. The summed E-state index contributed by atoms with van der Waals surface area (Å²) < 4.78 is 0.916. The first-order chi connectivity index (χ1) is 7.10. The van der Waals surface area contributed by atoms with Crippen LogP contribution >= 0.6 is 15.9 Å². The lowest BCUT2D eigenvalue weighted by Gasteiger charge is -2.12. The maximum atomic E-state index is 12.1. The van der Waals surface area contributed by atoms with Gasteiger partial charge in [0.1, 0.15) is 0 Å². The minimum absolute atomic E-state index is 0.156. The molecular formula is C13H17BrO. The number of benzene rings is 1.